The summed E-state index contributed by atoms with van der Waals surface area (Å²) in [5.74, 6) is 0. The molecule has 0 atom stereocenters. The normalized spacial score (nSPS) is 6.67. The molecule has 0 N–H and O–H groups in total. The van der Waals surface area contributed by atoms with Crippen molar-refractivity contribution in [3.63, 3.8) is 0 Å². The molecule has 0 amide bonds. The molecule has 2 rings (SSSR count). The Morgan fingerprint density at radius 3 is 0.917 bits per heavy atom. The smallest absolute Gasteiger partial charge is 0.214 e. The maximum atomic E-state index is 2.00. The molecule has 65 valence electrons. The molecule has 0 unspecified atom stereocenters. The van der Waals surface area contributed by atoms with Gasteiger partial charge < -0.3 is 0 Å². The van der Waals surface area contributed by atoms with E-state index in [1.807, 2.05) is 60.7 Å². The van der Waals surface area contributed by atoms with E-state index in [1.54, 1.807) is 0 Å². The van der Waals surface area contributed by atoms with Crippen LogP contribution in [-0.2, 0) is 17.1 Å². The first-order chi connectivity index (χ1) is 5.00. The predicted molar refractivity (Wildman–Crippen MR) is 58.1 cm³/mol. The zero-order chi connectivity index (χ0) is 7.07. The summed E-state index contributed by atoms with van der Waals surface area (Å²) in [7, 11) is 0. The second kappa shape index (κ2) is 10.9. The van der Waals surface area contributed by atoms with E-state index in [1.165, 1.54) is 0 Å². The van der Waals surface area contributed by atoms with Crippen LogP contribution in [0.2, 0.25) is 0 Å². The van der Waals surface area contributed by atoms with Crippen LogP contribution in [0, 0.1) is 0 Å². The molecule has 2 aromatic rings. The second-order valence-electron chi connectivity index (χ2n) is 1.92. The standard InChI is InChI=1S/2C5H5.Fe.I/c2*1-2-4-5-3-1;;/h2*1-5H;;/q2*-1;+2;. The molecule has 0 saturated carbocycles. The van der Waals surface area contributed by atoms with Crippen molar-refractivity contribution in [3.05, 3.63) is 60.7 Å². The summed E-state index contributed by atoms with van der Waals surface area (Å²) >= 11 is 0. The number of hydrogen-bond donors (Lipinski definition) is 0. The maximum Gasteiger partial charge on any atom is 2.00 e. The van der Waals surface area contributed by atoms with E-state index >= 15 is 0 Å². The van der Waals surface area contributed by atoms with Crippen LogP contribution in [0.5, 0.6) is 0 Å². The molecule has 0 heterocycles. The van der Waals surface area contributed by atoms with E-state index in [9.17, 15) is 0 Å². The Morgan fingerprint density at radius 2 is 0.833 bits per heavy atom. The van der Waals surface area contributed by atoms with E-state index in [4.69, 9.17) is 0 Å². The SMILES string of the molecule is [Fe+2].[I].c1cc[cH-]c1.c1cc[cH-]c1. The van der Waals surface area contributed by atoms with Crippen LogP contribution in [-0.4, -0.2) is 0 Å². The van der Waals surface area contributed by atoms with Gasteiger partial charge in [-0.15, -0.1) is 0 Å². The molecule has 0 aliphatic heterocycles. The molecule has 12 heavy (non-hydrogen) atoms. The Bertz CT molecular complexity index is 149. The fraction of sp³-hybridized carbons (Fsp3) is 0. The monoisotopic (exact) mass is 313 g/mol. The van der Waals surface area contributed by atoms with Crippen LogP contribution in [0.15, 0.2) is 60.7 Å². The molecule has 0 saturated heterocycles. The van der Waals surface area contributed by atoms with Crippen LogP contribution in [0.4, 0.5) is 0 Å². The number of rotatable bonds is 0. The molecule has 1 radical (unpaired) electrons. The third-order valence-electron chi connectivity index (χ3n) is 1.11. The maximum absolute atomic E-state index is 2.00. The number of halogens is 1. The Hall–Kier alpha value is -0.0505. The average molecular weight is 313 g/mol. The molecule has 2 aromatic carbocycles. The van der Waals surface area contributed by atoms with Crippen molar-refractivity contribution in [2.75, 3.05) is 0 Å². The van der Waals surface area contributed by atoms with Gasteiger partial charge in [0.25, 0.3) is 0 Å². The van der Waals surface area contributed by atoms with Gasteiger partial charge in [-0.25, -0.2) is 24.3 Å². The van der Waals surface area contributed by atoms with Gasteiger partial charge in [0.1, 0.15) is 0 Å². The van der Waals surface area contributed by atoms with Crippen LogP contribution in [0.1, 0.15) is 0 Å². The van der Waals surface area contributed by atoms with Gasteiger partial charge in [-0.1, -0.05) is 0 Å². The molecule has 2 heteroatoms. The zero-order valence-corrected chi connectivity index (χ0v) is 9.77. The van der Waals surface area contributed by atoms with Crippen LogP contribution < -0.4 is 0 Å². The summed E-state index contributed by atoms with van der Waals surface area (Å²) in [5, 5.41) is 0. The van der Waals surface area contributed by atoms with E-state index < -0.39 is 0 Å². The molecule has 0 spiro atoms. The second-order valence-corrected chi connectivity index (χ2v) is 1.92. The summed E-state index contributed by atoms with van der Waals surface area (Å²) in [6.07, 6.45) is 0. The van der Waals surface area contributed by atoms with Crippen molar-refractivity contribution < 1.29 is 17.1 Å². The molecule has 0 aliphatic rings. The third-order valence-corrected chi connectivity index (χ3v) is 1.11. The molecular formula is C10H10FeI. The van der Waals surface area contributed by atoms with Gasteiger partial charge in [-0.3, -0.25) is 0 Å². The summed E-state index contributed by atoms with van der Waals surface area (Å²) < 4.78 is 0. The average Bonchev–Trinajstić information content (AvgIpc) is 2.67. The number of hydrogen-bond acceptors (Lipinski definition) is 0. The van der Waals surface area contributed by atoms with Gasteiger partial charge in [0.05, 0.1) is 0 Å². The minimum atomic E-state index is 0. The Balaban J connectivity index is 0. The Kier molecular flexibility index (Phi) is 13.2. The topological polar surface area (TPSA) is 0 Å². The van der Waals surface area contributed by atoms with E-state index in [-0.39, 0.29) is 41.0 Å². The quantitative estimate of drug-likeness (QED) is 0.395. The third kappa shape index (κ3) is 8.05. The van der Waals surface area contributed by atoms with Crippen LogP contribution in [0.25, 0.3) is 0 Å². The Morgan fingerprint density at radius 1 is 0.583 bits per heavy atom. The van der Waals surface area contributed by atoms with E-state index in [2.05, 4.69) is 0 Å². The molecule has 0 bridgehead atoms. The molecule has 0 aliphatic carbocycles. The zero-order valence-electron chi connectivity index (χ0n) is 6.51. The predicted octanol–water partition coefficient (Wildman–Crippen LogP) is 3.69. The molecule has 0 fully saturated rings. The fourth-order valence-corrected chi connectivity index (χ4v) is 0.642. The van der Waals surface area contributed by atoms with Gasteiger partial charge >= 0.3 is 17.1 Å². The van der Waals surface area contributed by atoms with Gasteiger partial charge in [0, 0.05) is 24.0 Å². The first-order valence-electron chi connectivity index (χ1n) is 3.33. The van der Waals surface area contributed by atoms with Crippen molar-refractivity contribution in [2.45, 2.75) is 0 Å². The van der Waals surface area contributed by atoms with Crippen LogP contribution >= 0.6 is 24.0 Å². The van der Waals surface area contributed by atoms with Crippen LogP contribution in [0.3, 0.4) is 0 Å². The van der Waals surface area contributed by atoms with Crippen molar-refractivity contribution in [1.82, 2.24) is 0 Å². The van der Waals surface area contributed by atoms with Crippen molar-refractivity contribution in [3.8, 4) is 0 Å². The van der Waals surface area contributed by atoms with Gasteiger partial charge in [0.2, 0.25) is 0 Å². The van der Waals surface area contributed by atoms with Gasteiger partial charge in [-0.05, 0) is 0 Å². The van der Waals surface area contributed by atoms with Gasteiger partial charge in [-0.2, -0.15) is 36.4 Å². The fourth-order valence-electron chi connectivity index (χ4n) is 0.642. The molecule has 0 aromatic heterocycles. The van der Waals surface area contributed by atoms with Crippen molar-refractivity contribution >= 4 is 24.0 Å². The summed E-state index contributed by atoms with van der Waals surface area (Å²) in [5.41, 5.74) is 0. The summed E-state index contributed by atoms with van der Waals surface area (Å²) in [6.45, 7) is 0. The van der Waals surface area contributed by atoms with Crippen molar-refractivity contribution in [1.29, 1.82) is 0 Å². The first-order valence-corrected chi connectivity index (χ1v) is 3.33. The molecule has 0 nitrogen and oxygen atoms in total. The van der Waals surface area contributed by atoms with E-state index in [0.717, 1.165) is 0 Å². The van der Waals surface area contributed by atoms with Crippen molar-refractivity contribution in [2.24, 2.45) is 0 Å². The minimum absolute atomic E-state index is 0. The summed E-state index contributed by atoms with van der Waals surface area (Å²) in [6, 6.07) is 20.0. The summed E-state index contributed by atoms with van der Waals surface area (Å²) in [4.78, 5) is 0. The molecular weight excluding hydrogens is 303 g/mol. The Labute approximate surface area is 101 Å². The van der Waals surface area contributed by atoms with E-state index in [0.29, 0.717) is 0 Å². The largest absolute Gasteiger partial charge is 2.00 e. The minimum Gasteiger partial charge on any atom is -0.214 e. The van der Waals surface area contributed by atoms with Gasteiger partial charge in [0.15, 0.2) is 0 Å². The first kappa shape index (κ1) is 14.5.